The van der Waals surface area contributed by atoms with Crippen molar-refractivity contribution in [3.05, 3.63) is 53.1 Å². The lowest BCUT2D eigenvalue weighted by Gasteiger charge is -2.32. The molecule has 0 bridgehead atoms. The Morgan fingerprint density at radius 2 is 1.79 bits per heavy atom. The Balaban J connectivity index is 1.53. The van der Waals surface area contributed by atoms with E-state index < -0.39 is 0 Å². The Kier molecular flexibility index (Phi) is 5.59. The normalized spacial score (nSPS) is 16.3. The molecule has 1 fully saturated rings. The van der Waals surface area contributed by atoms with Gasteiger partial charge in [-0.15, -0.1) is 0 Å². The summed E-state index contributed by atoms with van der Waals surface area (Å²) < 4.78 is 1.90. The number of nitrogens with one attached hydrogen (secondary N) is 1. The van der Waals surface area contributed by atoms with Crippen LogP contribution in [0.25, 0.3) is 0 Å². The largest absolute Gasteiger partial charge is 0.345 e. The van der Waals surface area contributed by atoms with Gasteiger partial charge in [0.05, 0.1) is 5.69 Å². The van der Waals surface area contributed by atoms with Gasteiger partial charge in [0.1, 0.15) is 5.69 Å². The number of aromatic nitrogens is 2. The van der Waals surface area contributed by atoms with Crippen molar-refractivity contribution in [2.45, 2.75) is 32.4 Å². The molecule has 0 aliphatic carbocycles. The van der Waals surface area contributed by atoms with Crippen molar-refractivity contribution < 1.29 is 14.4 Å². The molecule has 0 atom stereocenters. The van der Waals surface area contributed by atoms with Crippen LogP contribution in [0.5, 0.6) is 0 Å². The molecule has 8 nitrogen and oxygen atoms in total. The minimum Gasteiger partial charge on any atom is -0.345 e. The van der Waals surface area contributed by atoms with Crippen LogP contribution in [0.2, 0.25) is 0 Å². The molecule has 3 amide bonds. The van der Waals surface area contributed by atoms with E-state index in [4.69, 9.17) is 0 Å². The van der Waals surface area contributed by atoms with Crippen LogP contribution in [0.1, 0.15) is 45.2 Å². The van der Waals surface area contributed by atoms with Gasteiger partial charge in [0, 0.05) is 39.3 Å². The molecular weight excluding hydrogens is 370 g/mol. The lowest BCUT2D eigenvalue weighted by molar-refractivity contribution is -0.119. The van der Waals surface area contributed by atoms with E-state index in [-0.39, 0.29) is 11.8 Å². The highest BCUT2D eigenvalue weighted by Crippen LogP contribution is 2.23. The van der Waals surface area contributed by atoms with Crippen molar-refractivity contribution in [1.29, 1.82) is 0 Å². The molecule has 1 aromatic heterocycles. The smallest absolute Gasteiger partial charge is 0.287 e. The molecule has 0 radical (unpaired) electrons. The lowest BCUT2D eigenvalue weighted by Crippen LogP contribution is -2.48. The van der Waals surface area contributed by atoms with Gasteiger partial charge in [-0.05, 0) is 24.8 Å². The standard InChI is InChI=1S/C21H25N5O3/c27-15-24-10-12-25(13-11-24)21(29)18-17-8-4-5-9-26(17)19(23-18)20(28)22-14-16-6-2-1-3-7-16/h1-3,6-7,15H,4-5,8-14H2,(H,22,28). The number of hydrogen-bond acceptors (Lipinski definition) is 4. The first-order valence-corrected chi connectivity index (χ1v) is 10.1. The van der Waals surface area contributed by atoms with Crippen molar-refractivity contribution >= 4 is 18.2 Å². The first-order chi connectivity index (χ1) is 14.2. The summed E-state index contributed by atoms with van der Waals surface area (Å²) in [5, 5.41) is 2.92. The van der Waals surface area contributed by atoms with Crippen molar-refractivity contribution in [1.82, 2.24) is 24.7 Å². The number of nitrogens with zero attached hydrogens (tertiary/aromatic N) is 4. The minimum atomic E-state index is -0.262. The predicted molar refractivity (Wildman–Crippen MR) is 106 cm³/mol. The third-order valence-electron chi connectivity index (χ3n) is 5.57. The molecular formula is C21H25N5O3. The number of fused-ring (bicyclic) bond motifs is 1. The molecule has 0 saturated carbocycles. The number of rotatable bonds is 5. The number of amides is 3. The average molecular weight is 395 g/mol. The Morgan fingerprint density at radius 3 is 2.52 bits per heavy atom. The molecule has 0 spiro atoms. The lowest BCUT2D eigenvalue weighted by atomic mass is 10.1. The molecule has 2 aliphatic heterocycles. The van der Waals surface area contributed by atoms with E-state index in [1.165, 1.54) is 0 Å². The van der Waals surface area contributed by atoms with Crippen molar-refractivity contribution in [2.24, 2.45) is 0 Å². The van der Waals surface area contributed by atoms with E-state index in [1.54, 1.807) is 9.80 Å². The summed E-state index contributed by atoms with van der Waals surface area (Å²) in [6, 6.07) is 9.70. The fraction of sp³-hybridized carbons (Fsp3) is 0.429. The molecule has 4 rings (SSSR count). The predicted octanol–water partition coefficient (Wildman–Crippen LogP) is 1.06. The Morgan fingerprint density at radius 1 is 1.03 bits per heavy atom. The second-order valence-electron chi connectivity index (χ2n) is 7.44. The van der Waals surface area contributed by atoms with Crippen LogP contribution in [-0.2, 0) is 24.3 Å². The Hall–Kier alpha value is -3.16. The van der Waals surface area contributed by atoms with E-state index in [1.807, 2.05) is 34.9 Å². The van der Waals surface area contributed by atoms with Gasteiger partial charge in [-0.1, -0.05) is 30.3 Å². The molecule has 3 heterocycles. The van der Waals surface area contributed by atoms with Gasteiger partial charge in [0.25, 0.3) is 11.8 Å². The monoisotopic (exact) mass is 395 g/mol. The minimum absolute atomic E-state index is 0.150. The van der Waals surface area contributed by atoms with Gasteiger partial charge >= 0.3 is 0 Å². The highest BCUT2D eigenvalue weighted by molar-refractivity contribution is 5.97. The quantitative estimate of drug-likeness (QED) is 0.767. The van der Waals surface area contributed by atoms with E-state index in [2.05, 4.69) is 10.3 Å². The second kappa shape index (κ2) is 8.46. The maximum absolute atomic E-state index is 13.1. The molecule has 29 heavy (non-hydrogen) atoms. The van der Waals surface area contributed by atoms with Crippen molar-refractivity contribution in [3.63, 3.8) is 0 Å². The summed E-state index contributed by atoms with van der Waals surface area (Å²) in [6.07, 6.45) is 3.51. The Bertz CT molecular complexity index is 901. The first-order valence-electron chi connectivity index (χ1n) is 10.1. The van der Waals surface area contributed by atoms with Crippen LogP contribution in [0.4, 0.5) is 0 Å². The van der Waals surface area contributed by atoms with E-state index in [0.717, 1.165) is 36.9 Å². The maximum atomic E-state index is 13.1. The molecule has 2 aliphatic rings. The van der Waals surface area contributed by atoms with E-state index in [0.29, 0.717) is 50.8 Å². The van der Waals surface area contributed by atoms with E-state index >= 15 is 0 Å². The highest BCUT2D eigenvalue weighted by Gasteiger charge is 2.31. The van der Waals surface area contributed by atoms with Crippen LogP contribution in [0.15, 0.2) is 30.3 Å². The maximum Gasteiger partial charge on any atom is 0.287 e. The van der Waals surface area contributed by atoms with Gasteiger partial charge in [-0.25, -0.2) is 4.98 Å². The molecule has 1 aromatic carbocycles. The van der Waals surface area contributed by atoms with Crippen LogP contribution < -0.4 is 5.32 Å². The second-order valence-corrected chi connectivity index (χ2v) is 7.44. The fourth-order valence-electron chi connectivity index (χ4n) is 3.93. The summed E-state index contributed by atoms with van der Waals surface area (Å²) in [6.45, 7) is 3.13. The highest BCUT2D eigenvalue weighted by atomic mass is 16.2. The summed E-state index contributed by atoms with van der Waals surface area (Å²) in [7, 11) is 0. The fourth-order valence-corrected chi connectivity index (χ4v) is 3.93. The number of carbonyl (C=O) groups excluding carboxylic acids is 3. The zero-order valence-corrected chi connectivity index (χ0v) is 16.3. The number of imidazole rings is 1. The van der Waals surface area contributed by atoms with Gasteiger partial charge in [-0.3, -0.25) is 14.4 Å². The van der Waals surface area contributed by atoms with Gasteiger partial charge in [0.15, 0.2) is 5.82 Å². The molecule has 1 saturated heterocycles. The number of carbonyl (C=O) groups is 3. The number of benzene rings is 1. The van der Waals surface area contributed by atoms with Gasteiger partial charge in [0.2, 0.25) is 6.41 Å². The molecule has 1 N–H and O–H groups in total. The summed E-state index contributed by atoms with van der Waals surface area (Å²) >= 11 is 0. The number of hydrogen-bond donors (Lipinski definition) is 1. The third-order valence-corrected chi connectivity index (χ3v) is 5.57. The molecule has 0 unspecified atom stereocenters. The summed E-state index contributed by atoms with van der Waals surface area (Å²) in [5.41, 5.74) is 2.24. The summed E-state index contributed by atoms with van der Waals surface area (Å²) in [4.78, 5) is 44.7. The van der Waals surface area contributed by atoms with Crippen molar-refractivity contribution in [3.8, 4) is 0 Å². The third kappa shape index (κ3) is 4.01. The SMILES string of the molecule is O=CN1CCN(C(=O)c2nc(C(=O)NCc3ccccc3)n3c2CCCC3)CC1. The topological polar surface area (TPSA) is 87.5 Å². The molecule has 8 heteroatoms. The zero-order valence-electron chi connectivity index (χ0n) is 16.3. The average Bonchev–Trinajstić information content (AvgIpc) is 3.17. The van der Waals surface area contributed by atoms with Crippen molar-refractivity contribution in [2.75, 3.05) is 26.2 Å². The molecule has 152 valence electrons. The van der Waals surface area contributed by atoms with Crippen LogP contribution in [0, 0.1) is 0 Å². The Labute approximate surface area is 169 Å². The van der Waals surface area contributed by atoms with Gasteiger partial charge in [-0.2, -0.15) is 0 Å². The van der Waals surface area contributed by atoms with Gasteiger partial charge < -0.3 is 19.7 Å². The van der Waals surface area contributed by atoms with Crippen LogP contribution in [-0.4, -0.2) is 63.8 Å². The summed E-state index contributed by atoms with van der Waals surface area (Å²) in [5.74, 6) is -0.101. The van der Waals surface area contributed by atoms with E-state index in [9.17, 15) is 14.4 Å². The first kappa shape index (κ1) is 19.2. The van der Waals surface area contributed by atoms with Crippen LogP contribution >= 0.6 is 0 Å². The number of piperazine rings is 1. The molecule has 2 aromatic rings. The van der Waals surface area contributed by atoms with Crippen LogP contribution in [0.3, 0.4) is 0 Å². The zero-order chi connectivity index (χ0) is 20.2.